The first kappa shape index (κ1) is 13.9. The summed E-state index contributed by atoms with van der Waals surface area (Å²) in [6.45, 7) is 2.76. The number of aromatic nitrogens is 2. The van der Waals surface area contributed by atoms with Gasteiger partial charge in [-0.15, -0.1) is 0 Å². The second-order valence-electron chi connectivity index (χ2n) is 4.38. The molecule has 2 rings (SSSR count). The van der Waals surface area contributed by atoms with Gasteiger partial charge in [0.25, 0.3) is 5.69 Å². The molecule has 0 bridgehead atoms. The number of nitro groups is 1. The molecule has 0 saturated heterocycles. The molecular weight excluding hydrogens is 256 g/mol. The van der Waals surface area contributed by atoms with Crippen LogP contribution < -0.4 is 5.32 Å². The molecule has 0 aliphatic rings. The number of hydrogen-bond acceptors (Lipinski definition) is 5. The molecule has 2 aromatic heterocycles. The molecule has 1 N–H and O–H groups in total. The number of hydrogen-bond donors (Lipinski definition) is 1. The number of nitrogens with zero attached hydrogens (tertiary/aromatic N) is 3. The molecule has 2 heterocycles. The SMILES string of the molecule is CCCNc1cc([N+](=O)[O-])cc(Cc2ccccn2)n1. The van der Waals surface area contributed by atoms with Crippen LogP contribution in [0.2, 0.25) is 0 Å². The van der Waals surface area contributed by atoms with E-state index in [1.165, 1.54) is 12.1 Å². The molecule has 0 atom stereocenters. The van der Waals surface area contributed by atoms with Crippen molar-refractivity contribution in [2.24, 2.45) is 0 Å². The maximum Gasteiger partial charge on any atom is 0.274 e. The zero-order valence-electron chi connectivity index (χ0n) is 11.2. The summed E-state index contributed by atoms with van der Waals surface area (Å²) in [7, 11) is 0. The van der Waals surface area contributed by atoms with Crippen molar-refractivity contribution in [3.8, 4) is 0 Å². The molecule has 0 radical (unpaired) electrons. The van der Waals surface area contributed by atoms with Crippen molar-refractivity contribution in [2.45, 2.75) is 19.8 Å². The summed E-state index contributed by atoms with van der Waals surface area (Å²) in [4.78, 5) is 19.2. The molecule has 104 valence electrons. The summed E-state index contributed by atoms with van der Waals surface area (Å²) in [5.74, 6) is 0.534. The molecule has 0 saturated carbocycles. The number of nitrogens with one attached hydrogen (secondary N) is 1. The average Bonchev–Trinajstić information content (AvgIpc) is 2.46. The van der Waals surface area contributed by atoms with Crippen LogP contribution >= 0.6 is 0 Å². The van der Waals surface area contributed by atoms with Crippen LogP contribution in [0.5, 0.6) is 0 Å². The first-order chi connectivity index (χ1) is 9.69. The predicted molar refractivity (Wildman–Crippen MR) is 76.7 cm³/mol. The van der Waals surface area contributed by atoms with Crippen LogP contribution in [0.15, 0.2) is 36.5 Å². The lowest BCUT2D eigenvalue weighted by molar-refractivity contribution is -0.384. The highest BCUT2D eigenvalue weighted by atomic mass is 16.6. The van der Waals surface area contributed by atoms with Crippen LogP contribution in [0.3, 0.4) is 0 Å². The van der Waals surface area contributed by atoms with Crippen molar-refractivity contribution in [1.82, 2.24) is 9.97 Å². The lowest BCUT2D eigenvalue weighted by Crippen LogP contribution is -2.05. The fraction of sp³-hybridized carbons (Fsp3) is 0.286. The van der Waals surface area contributed by atoms with Crippen LogP contribution in [0.25, 0.3) is 0 Å². The van der Waals surface area contributed by atoms with Gasteiger partial charge < -0.3 is 5.32 Å². The third-order valence-corrected chi connectivity index (χ3v) is 2.72. The van der Waals surface area contributed by atoms with Gasteiger partial charge in [-0.05, 0) is 18.6 Å². The van der Waals surface area contributed by atoms with Gasteiger partial charge in [0.05, 0.1) is 16.7 Å². The van der Waals surface area contributed by atoms with Crippen molar-refractivity contribution in [3.05, 3.63) is 58.0 Å². The lowest BCUT2D eigenvalue weighted by Gasteiger charge is -2.06. The second kappa shape index (κ2) is 6.60. The van der Waals surface area contributed by atoms with E-state index in [-0.39, 0.29) is 5.69 Å². The quantitative estimate of drug-likeness (QED) is 0.646. The van der Waals surface area contributed by atoms with Crippen molar-refractivity contribution >= 4 is 11.5 Å². The topological polar surface area (TPSA) is 81.0 Å². The zero-order valence-corrected chi connectivity index (χ0v) is 11.2. The maximum atomic E-state index is 11.0. The zero-order chi connectivity index (χ0) is 14.4. The molecule has 20 heavy (non-hydrogen) atoms. The van der Waals surface area contributed by atoms with Gasteiger partial charge in [0, 0.05) is 30.9 Å². The van der Waals surface area contributed by atoms with Crippen LogP contribution in [0.4, 0.5) is 11.5 Å². The first-order valence-electron chi connectivity index (χ1n) is 6.48. The first-order valence-corrected chi connectivity index (χ1v) is 6.48. The van der Waals surface area contributed by atoms with Gasteiger partial charge in [-0.1, -0.05) is 13.0 Å². The highest BCUT2D eigenvalue weighted by Gasteiger charge is 2.11. The van der Waals surface area contributed by atoms with Crippen molar-refractivity contribution in [2.75, 3.05) is 11.9 Å². The third-order valence-electron chi connectivity index (χ3n) is 2.72. The van der Waals surface area contributed by atoms with Gasteiger partial charge in [-0.3, -0.25) is 15.1 Å². The molecule has 0 unspecified atom stereocenters. The van der Waals surface area contributed by atoms with Crippen LogP contribution in [-0.4, -0.2) is 21.4 Å². The molecule has 0 spiro atoms. The Labute approximate surface area is 117 Å². The lowest BCUT2D eigenvalue weighted by atomic mass is 10.2. The highest BCUT2D eigenvalue weighted by Crippen LogP contribution is 2.19. The van der Waals surface area contributed by atoms with Gasteiger partial charge in [0.1, 0.15) is 5.82 Å². The largest absolute Gasteiger partial charge is 0.370 e. The molecule has 6 nitrogen and oxygen atoms in total. The third kappa shape index (κ3) is 3.74. The smallest absolute Gasteiger partial charge is 0.274 e. The predicted octanol–water partition coefficient (Wildman–Crippen LogP) is 2.80. The summed E-state index contributed by atoms with van der Waals surface area (Å²) >= 11 is 0. The summed E-state index contributed by atoms with van der Waals surface area (Å²) in [6, 6.07) is 8.54. The van der Waals surface area contributed by atoms with Crippen LogP contribution in [0.1, 0.15) is 24.7 Å². The monoisotopic (exact) mass is 272 g/mol. The number of pyridine rings is 2. The molecule has 0 aliphatic heterocycles. The van der Waals surface area contributed by atoms with E-state index in [0.717, 1.165) is 18.7 Å². The molecule has 0 aliphatic carbocycles. The van der Waals surface area contributed by atoms with E-state index in [0.29, 0.717) is 17.9 Å². The Kier molecular flexibility index (Phi) is 4.60. The number of anilines is 1. The van der Waals surface area contributed by atoms with Gasteiger partial charge in [-0.2, -0.15) is 0 Å². The highest BCUT2D eigenvalue weighted by molar-refractivity contribution is 5.47. The van der Waals surface area contributed by atoms with Crippen LogP contribution in [-0.2, 0) is 6.42 Å². The maximum absolute atomic E-state index is 11.0. The minimum atomic E-state index is -0.402. The Hall–Kier alpha value is -2.50. The molecular formula is C14H16N4O2. The van der Waals surface area contributed by atoms with Gasteiger partial charge in [-0.25, -0.2) is 4.98 Å². The Morgan fingerprint density at radius 1 is 1.30 bits per heavy atom. The van der Waals surface area contributed by atoms with E-state index in [1.54, 1.807) is 6.20 Å². The minimum Gasteiger partial charge on any atom is -0.370 e. The fourth-order valence-corrected chi connectivity index (χ4v) is 1.80. The average molecular weight is 272 g/mol. The van der Waals surface area contributed by atoms with E-state index >= 15 is 0 Å². The van der Waals surface area contributed by atoms with Crippen molar-refractivity contribution < 1.29 is 4.92 Å². The van der Waals surface area contributed by atoms with Crippen molar-refractivity contribution in [1.29, 1.82) is 0 Å². The Bertz CT molecular complexity index is 587. The van der Waals surface area contributed by atoms with Gasteiger partial charge >= 0.3 is 0 Å². The Balaban J connectivity index is 2.26. The molecule has 2 aromatic rings. The fourth-order valence-electron chi connectivity index (χ4n) is 1.80. The minimum absolute atomic E-state index is 0.0459. The summed E-state index contributed by atoms with van der Waals surface area (Å²) in [5, 5.41) is 14.0. The van der Waals surface area contributed by atoms with Crippen LogP contribution in [0, 0.1) is 10.1 Å². The van der Waals surface area contributed by atoms with E-state index in [2.05, 4.69) is 15.3 Å². The standard InChI is InChI=1S/C14H16N4O2/c1-2-6-16-14-10-13(18(19)20)9-12(17-14)8-11-5-3-4-7-15-11/h3-5,7,9-10H,2,6,8H2,1H3,(H,16,17). The molecule has 0 aromatic carbocycles. The van der Waals surface area contributed by atoms with E-state index in [1.807, 2.05) is 25.1 Å². The molecule has 6 heteroatoms. The molecule has 0 fully saturated rings. The second-order valence-corrected chi connectivity index (χ2v) is 4.38. The summed E-state index contributed by atoms with van der Waals surface area (Å²) < 4.78 is 0. The van der Waals surface area contributed by atoms with Gasteiger partial charge in [0.15, 0.2) is 0 Å². The Morgan fingerprint density at radius 2 is 2.15 bits per heavy atom. The molecule has 0 amide bonds. The van der Waals surface area contributed by atoms with E-state index in [9.17, 15) is 10.1 Å². The summed E-state index contributed by atoms with van der Waals surface area (Å²) in [5.41, 5.74) is 1.52. The van der Waals surface area contributed by atoms with E-state index in [4.69, 9.17) is 0 Å². The normalized spacial score (nSPS) is 10.2. The van der Waals surface area contributed by atoms with E-state index < -0.39 is 4.92 Å². The van der Waals surface area contributed by atoms with Crippen molar-refractivity contribution in [3.63, 3.8) is 0 Å². The van der Waals surface area contributed by atoms with Gasteiger partial charge in [0.2, 0.25) is 0 Å². The Morgan fingerprint density at radius 3 is 2.80 bits per heavy atom. The summed E-state index contributed by atoms with van der Waals surface area (Å²) in [6.07, 6.45) is 3.10. The number of rotatable bonds is 6.